The number of nitrogens with one attached hydrogen (secondary N) is 2. The fourth-order valence-electron chi connectivity index (χ4n) is 3.35. The zero-order valence-electron chi connectivity index (χ0n) is 19.1. The van der Waals surface area contributed by atoms with Crippen LogP contribution < -0.4 is 24.2 Å². The number of hydrogen-bond acceptors (Lipinski definition) is 8. The van der Waals surface area contributed by atoms with Crippen LogP contribution >= 0.6 is 0 Å². The first-order chi connectivity index (χ1) is 15.6. The van der Waals surface area contributed by atoms with Crippen LogP contribution in [0.2, 0.25) is 0 Å². The van der Waals surface area contributed by atoms with Gasteiger partial charge in [0.25, 0.3) is 10.0 Å². The van der Waals surface area contributed by atoms with E-state index in [0.29, 0.717) is 39.6 Å². The highest BCUT2D eigenvalue weighted by atomic mass is 32.2. The van der Waals surface area contributed by atoms with Crippen LogP contribution in [0.25, 0.3) is 11.1 Å². The van der Waals surface area contributed by atoms with Crippen LogP contribution in [0, 0.1) is 13.8 Å². The molecule has 3 aromatic rings. The Morgan fingerprint density at radius 1 is 1.00 bits per heavy atom. The maximum Gasteiger partial charge on any atom is 0.262 e. The average molecular weight is 476 g/mol. The number of aryl methyl sites for hydroxylation is 2. The zero-order valence-corrected chi connectivity index (χ0v) is 19.9. The van der Waals surface area contributed by atoms with Gasteiger partial charge in [0.1, 0.15) is 0 Å². The van der Waals surface area contributed by atoms with Gasteiger partial charge < -0.3 is 18.7 Å². The molecule has 2 aromatic carbocycles. The summed E-state index contributed by atoms with van der Waals surface area (Å²) in [6, 6.07) is 7.90. The number of hydrogen-bond donors (Lipinski definition) is 2. The molecule has 0 radical (unpaired) electrons. The third kappa shape index (κ3) is 4.87. The minimum Gasteiger partial charge on any atom is -0.493 e. The molecule has 2 N–H and O–H groups in total. The lowest BCUT2D eigenvalue weighted by molar-refractivity contribution is -0.114. The second kappa shape index (κ2) is 9.41. The molecular formula is C22H25N3O7S. The van der Waals surface area contributed by atoms with Crippen LogP contribution in [0.4, 0.5) is 11.6 Å². The van der Waals surface area contributed by atoms with E-state index in [9.17, 15) is 13.2 Å². The molecule has 33 heavy (non-hydrogen) atoms. The molecule has 11 heteroatoms. The van der Waals surface area contributed by atoms with Crippen LogP contribution in [0.1, 0.15) is 18.2 Å². The number of ether oxygens (including phenoxy) is 3. The third-order valence-corrected chi connectivity index (χ3v) is 6.36. The van der Waals surface area contributed by atoms with Crippen molar-refractivity contribution < 1.29 is 31.9 Å². The SMILES string of the molecule is COc1cc(NS(=O)(=O)c2cc(-c3c(C)noc3NC(C)=O)ccc2C)cc(OC)c1OC. The molecule has 0 aliphatic heterocycles. The molecule has 0 aliphatic carbocycles. The maximum atomic E-state index is 13.3. The molecule has 0 atom stereocenters. The van der Waals surface area contributed by atoms with Crippen molar-refractivity contribution in [2.75, 3.05) is 31.4 Å². The van der Waals surface area contributed by atoms with Gasteiger partial charge in [-0.25, -0.2) is 8.42 Å². The van der Waals surface area contributed by atoms with E-state index < -0.39 is 10.0 Å². The number of anilines is 2. The lowest BCUT2D eigenvalue weighted by Crippen LogP contribution is -2.15. The van der Waals surface area contributed by atoms with Gasteiger partial charge in [-0.05, 0) is 31.0 Å². The van der Waals surface area contributed by atoms with Crippen molar-refractivity contribution in [1.82, 2.24) is 5.16 Å². The van der Waals surface area contributed by atoms with Gasteiger partial charge in [0, 0.05) is 19.1 Å². The summed E-state index contributed by atoms with van der Waals surface area (Å²) in [4.78, 5) is 11.6. The normalized spacial score (nSPS) is 11.1. The lowest BCUT2D eigenvalue weighted by Gasteiger charge is -2.16. The molecule has 0 bridgehead atoms. The van der Waals surface area contributed by atoms with Crippen LogP contribution in [0.15, 0.2) is 39.8 Å². The van der Waals surface area contributed by atoms with E-state index in [4.69, 9.17) is 18.7 Å². The maximum absolute atomic E-state index is 13.3. The fraction of sp³-hybridized carbons (Fsp3) is 0.273. The van der Waals surface area contributed by atoms with Gasteiger partial charge in [-0.15, -0.1) is 0 Å². The molecule has 1 amide bonds. The van der Waals surface area contributed by atoms with Gasteiger partial charge in [-0.3, -0.25) is 14.8 Å². The van der Waals surface area contributed by atoms with Crippen molar-refractivity contribution >= 4 is 27.5 Å². The summed E-state index contributed by atoms with van der Waals surface area (Å²) in [6.45, 7) is 4.73. The Labute approximate surface area is 191 Å². The van der Waals surface area contributed by atoms with E-state index in [1.807, 2.05) is 0 Å². The number of amides is 1. The Hall–Kier alpha value is -3.73. The van der Waals surface area contributed by atoms with E-state index in [2.05, 4.69) is 15.2 Å². The van der Waals surface area contributed by atoms with Gasteiger partial charge in [0.15, 0.2) is 11.5 Å². The number of aromatic nitrogens is 1. The Kier molecular flexibility index (Phi) is 6.82. The standard InChI is InChI=1S/C22H25N3O7S/c1-12-7-8-15(20-13(2)24-32-22(20)23-14(3)26)9-19(12)33(27,28)25-16-10-17(29-4)21(31-6)18(11-16)30-5/h7-11,25H,1-6H3,(H,23,26). The highest BCUT2D eigenvalue weighted by Gasteiger charge is 2.23. The first-order valence-electron chi connectivity index (χ1n) is 9.79. The molecule has 1 aromatic heterocycles. The smallest absolute Gasteiger partial charge is 0.262 e. The summed E-state index contributed by atoms with van der Waals surface area (Å²) in [5.74, 6) is 0.760. The van der Waals surface area contributed by atoms with Gasteiger partial charge >= 0.3 is 0 Å². The van der Waals surface area contributed by atoms with Crippen LogP contribution in [-0.4, -0.2) is 40.8 Å². The molecule has 0 saturated heterocycles. The van der Waals surface area contributed by atoms with E-state index in [0.717, 1.165) is 0 Å². The first-order valence-corrected chi connectivity index (χ1v) is 11.3. The average Bonchev–Trinajstić information content (AvgIpc) is 3.12. The number of carbonyl (C=O) groups excluding carboxylic acids is 1. The fourth-order valence-corrected chi connectivity index (χ4v) is 4.66. The number of sulfonamides is 1. The van der Waals surface area contributed by atoms with Gasteiger partial charge in [-0.2, -0.15) is 0 Å². The lowest BCUT2D eigenvalue weighted by atomic mass is 10.0. The largest absolute Gasteiger partial charge is 0.493 e. The minimum atomic E-state index is -4.02. The number of methoxy groups -OCH3 is 3. The van der Waals surface area contributed by atoms with E-state index in [-0.39, 0.29) is 22.4 Å². The Morgan fingerprint density at radius 3 is 2.18 bits per heavy atom. The summed E-state index contributed by atoms with van der Waals surface area (Å²) in [7, 11) is 0.326. The third-order valence-electron chi connectivity index (χ3n) is 4.84. The van der Waals surface area contributed by atoms with Crippen LogP contribution in [0.3, 0.4) is 0 Å². The highest BCUT2D eigenvalue weighted by molar-refractivity contribution is 7.92. The van der Waals surface area contributed by atoms with Gasteiger partial charge in [0.05, 0.1) is 43.2 Å². The van der Waals surface area contributed by atoms with Gasteiger partial charge in [-0.1, -0.05) is 17.3 Å². The van der Waals surface area contributed by atoms with Crippen molar-refractivity contribution in [2.45, 2.75) is 25.7 Å². The zero-order chi connectivity index (χ0) is 24.3. The van der Waals surface area contributed by atoms with Crippen molar-refractivity contribution in [1.29, 1.82) is 0 Å². The molecule has 0 fully saturated rings. The van der Waals surface area contributed by atoms with Crippen molar-refractivity contribution in [2.24, 2.45) is 0 Å². The van der Waals surface area contributed by atoms with Crippen molar-refractivity contribution in [3.63, 3.8) is 0 Å². The molecular weight excluding hydrogens is 450 g/mol. The second-order valence-electron chi connectivity index (χ2n) is 7.15. The molecule has 0 aliphatic rings. The first kappa shape index (κ1) is 23.9. The van der Waals surface area contributed by atoms with Crippen molar-refractivity contribution in [3.8, 4) is 28.4 Å². The number of nitrogens with zero attached hydrogens (tertiary/aromatic N) is 1. The predicted molar refractivity (Wildman–Crippen MR) is 123 cm³/mol. The summed E-state index contributed by atoms with van der Waals surface area (Å²) in [6.07, 6.45) is 0. The molecule has 1 heterocycles. The summed E-state index contributed by atoms with van der Waals surface area (Å²) >= 11 is 0. The second-order valence-corrected chi connectivity index (χ2v) is 8.80. The van der Waals surface area contributed by atoms with E-state index in [1.165, 1.54) is 46.5 Å². The number of benzene rings is 2. The van der Waals surface area contributed by atoms with E-state index >= 15 is 0 Å². The predicted octanol–water partition coefficient (Wildman–Crippen LogP) is 3.74. The van der Waals surface area contributed by atoms with Crippen LogP contribution in [0.5, 0.6) is 17.2 Å². The molecule has 0 saturated carbocycles. The van der Waals surface area contributed by atoms with Crippen molar-refractivity contribution in [3.05, 3.63) is 41.6 Å². The number of carbonyl (C=O) groups is 1. The van der Waals surface area contributed by atoms with E-state index in [1.54, 1.807) is 26.0 Å². The molecule has 0 unspecified atom stereocenters. The van der Waals surface area contributed by atoms with Crippen LogP contribution in [-0.2, 0) is 14.8 Å². The highest BCUT2D eigenvalue weighted by Crippen LogP contribution is 2.41. The Morgan fingerprint density at radius 2 is 1.64 bits per heavy atom. The molecule has 3 rings (SSSR count). The summed E-state index contributed by atoms with van der Waals surface area (Å²) in [5, 5.41) is 6.46. The Balaban J connectivity index is 2.06. The monoisotopic (exact) mass is 475 g/mol. The minimum absolute atomic E-state index is 0.0446. The quantitative estimate of drug-likeness (QED) is 0.504. The summed E-state index contributed by atoms with van der Waals surface area (Å²) < 4.78 is 50.3. The van der Waals surface area contributed by atoms with Gasteiger partial charge in [0.2, 0.25) is 17.5 Å². The summed E-state index contributed by atoms with van der Waals surface area (Å²) in [5.41, 5.74) is 2.27. The number of rotatable bonds is 8. The Bertz CT molecular complexity index is 1270. The molecule has 10 nitrogen and oxygen atoms in total. The topological polar surface area (TPSA) is 129 Å². The molecule has 176 valence electrons. The molecule has 0 spiro atoms.